The molecular weight excluding hydrogens is 254 g/mol. The Morgan fingerprint density at radius 3 is 2.63 bits per heavy atom. The third-order valence-corrected chi connectivity index (χ3v) is 3.80. The normalized spacial score (nSPS) is 10.4. The molecule has 0 unspecified atom stereocenters. The number of rotatable bonds is 5. The van der Waals surface area contributed by atoms with Crippen LogP contribution in [0.1, 0.15) is 15.9 Å². The van der Waals surface area contributed by atoms with Gasteiger partial charge in [0.05, 0.1) is 5.88 Å². The first kappa shape index (κ1) is 13.7. The predicted octanol–water partition coefficient (Wildman–Crippen LogP) is 3.88. The minimum absolute atomic E-state index is 0.715. The fourth-order valence-electron chi connectivity index (χ4n) is 2.19. The molecule has 0 radical (unpaired) electrons. The van der Waals surface area contributed by atoms with E-state index < -0.39 is 0 Å². The van der Waals surface area contributed by atoms with Gasteiger partial charge in [-0.05, 0) is 11.6 Å². The Hall–Kier alpha value is -1.74. The van der Waals surface area contributed by atoms with Crippen molar-refractivity contribution in [2.45, 2.75) is 0 Å². The van der Waals surface area contributed by atoms with Crippen molar-refractivity contribution in [1.82, 2.24) is 4.90 Å². The van der Waals surface area contributed by atoms with Gasteiger partial charge in [0.1, 0.15) is 0 Å². The van der Waals surface area contributed by atoms with Crippen molar-refractivity contribution in [3.63, 3.8) is 0 Å². The summed E-state index contributed by atoms with van der Waals surface area (Å²) in [7, 11) is 2.02. The van der Waals surface area contributed by atoms with Crippen molar-refractivity contribution < 1.29 is 4.79 Å². The molecule has 2 aromatic rings. The zero-order valence-corrected chi connectivity index (χ0v) is 12.0. The average Bonchev–Trinajstić information content (AvgIpc) is 2.45. The number of nitrogens with zero attached hydrogens (tertiary/aromatic N) is 1. The Kier molecular flexibility index (Phi) is 4.27. The molecular formula is C16H17NOS. The molecule has 0 aromatic heterocycles. The van der Waals surface area contributed by atoms with Crippen molar-refractivity contribution in [3.8, 4) is 0 Å². The zero-order valence-electron chi connectivity index (χ0n) is 11.2. The summed E-state index contributed by atoms with van der Waals surface area (Å²) in [6, 6.07) is 11.8. The first-order valence-corrected chi connectivity index (χ1v) is 7.44. The first-order chi connectivity index (χ1) is 9.19. The van der Waals surface area contributed by atoms with Crippen molar-refractivity contribution in [2.75, 3.05) is 19.2 Å². The lowest BCUT2D eigenvalue weighted by molar-refractivity contribution is 0.112. The maximum absolute atomic E-state index is 11.2. The molecule has 0 aliphatic rings. The van der Waals surface area contributed by atoms with Crippen LogP contribution in [0.2, 0.25) is 0 Å². The molecule has 2 rings (SSSR count). The summed E-state index contributed by atoms with van der Waals surface area (Å²) in [5.74, 6) is 0.873. The average molecular weight is 271 g/mol. The van der Waals surface area contributed by atoms with Gasteiger partial charge in [-0.15, -0.1) is 11.8 Å². The van der Waals surface area contributed by atoms with Crippen LogP contribution < -0.4 is 0 Å². The molecule has 2 aromatic carbocycles. The van der Waals surface area contributed by atoms with Crippen LogP contribution in [0.3, 0.4) is 0 Å². The zero-order chi connectivity index (χ0) is 13.8. The van der Waals surface area contributed by atoms with E-state index in [9.17, 15) is 4.79 Å². The van der Waals surface area contributed by atoms with Crippen LogP contribution in [0.4, 0.5) is 0 Å². The van der Waals surface area contributed by atoms with Crippen molar-refractivity contribution in [1.29, 1.82) is 0 Å². The van der Waals surface area contributed by atoms with Gasteiger partial charge >= 0.3 is 0 Å². The van der Waals surface area contributed by atoms with Crippen LogP contribution in [0.5, 0.6) is 0 Å². The molecule has 98 valence electrons. The van der Waals surface area contributed by atoms with Gasteiger partial charge in [0.25, 0.3) is 0 Å². The summed E-state index contributed by atoms with van der Waals surface area (Å²) in [6.45, 7) is 4.17. The van der Waals surface area contributed by atoms with E-state index in [1.54, 1.807) is 11.8 Å². The largest absolute Gasteiger partial charge is 0.365 e. The molecule has 0 atom stereocenters. The van der Waals surface area contributed by atoms with Gasteiger partial charge in [-0.2, -0.15) is 0 Å². The standard InChI is InChI=1S/C16H17NOS/c1-12(17(2)11-19-3)15-9-5-7-13-6-4-8-14(10-18)16(13)15/h4-10H,1,11H2,2-3H3. The third-order valence-electron chi connectivity index (χ3n) is 3.16. The molecule has 0 fully saturated rings. The van der Waals surface area contributed by atoms with Crippen molar-refractivity contribution in [2.24, 2.45) is 0 Å². The van der Waals surface area contributed by atoms with Crippen LogP contribution in [0.25, 0.3) is 16.5 Å². The number of benzene rings is 2. The quantitative estimate of drug-likeness (QED) is 0.608. The summed E-state index contributed by atoms with van der Waals surface area (Å²) in [5, 5.41) is 2.05. The lowest BCUT2D eigenvalue weighted by atomic mass is 9.98. The van der Waals surface area contributed by atoms with Gasteiger partial charge in [-0.25, -0.2) is 0 Å². The van der Waals surface area contributed by atoms with Gasteiger partial charge < -0.3 is 4.90 Å². The van der Waals surface area contributed by atoms with E-state index in [0.717, 1.165) is 34.2 Å². The maximum Gasteiger partial charge on any atom is 0.150 e. The first-order valence-electron chi connectivity index (χ1n) is 6.05. The molecule has 0 aliphatic heterocycles. The lowest BCUT2D eigenvalue weighted by Crippen LogP contribution is -2.15. The van der Waals surface area contributed by atoms with E-state index in [1.165, 1.54) is 0 Å². The molecule has 0 saturated carbocycles. The number of hydrogen-bond acceptors (Lipinski definition) is 3. The molecule has 0 amide bonds. The number of carbonyl (C=O) groups is 1. The second-order valence-corrected chi connectivity index (χ2v) is 5.27. The Morgan fingerprint density at radius 2 is 2.00 bits per heavy atom. The van der Waals surface area contributed by atoms with Crippen molar-refractivity contribution in [3.05, 3.63) is 54.1 Å². The third kappa shape index (κ3) is 2.66. The Balaban J connectivity index is 2.60. The van der Waals surface area contributed by atoms with Crippen LogP contribution in [0, 0.1) is 0 Å². The number of hydrogen-bond donors (Lipinski definition) is 0. The number of thioether (sulfide) groups is 1. The second-order valence-electron chi connectivity index (χ2n) is 4.43. The topological polar surface area (TPSA) is 20.3 Å². The highest BCUT2D eigenvalue weighted by Gasteiger charge is 2.11. The molecule has 0 spiro atoms. The van der Waals surface area contributed by atoms with Gasteiger partial charge in [0, 0.05) is 29.3 Å². The monoisotopic (exact) mass is 271 g/mol. The van der Waals surface area contributed by atoms with Crippen LogP contribution in [0.15, 0.2) is 43.0 Å². The van der Waals surface area contributed by atoms with E-state index in [4.69, 9.17) is 0 Å². The molecule has 19 heavy (non-hydrogen) atoms. The van der Waals surface area contributed by atoms with Crippen LogP contribution in [-0.2, 0) is 0 Å². The molecule has 0 aliphatic carbocycles. The Labute approximate surface area is 118 Å². The Morgan fingerprint density at radius 1 is 1.32 bits per heavy atom. The number of fused-ring (bicyclic) bond motifs is 1. The molecule has 3 heteroatoms. The smallest absolute Gasteiger partial charge is 0.150 e. The van der Waals surface area contributed by atoms with Gasteiger partial charge in [0.2, 0.25) is 0 Å². The summed E-state index contributed by atoms with van der Waals surface area (Å²) < 4.78 is 0. The summed E-state index contributed by atoms with van der Waals surface area (Å²) in [5.41, 5.74) is 2.68. The maximum atomic E-state index is 11.2. The van der Waals surface area contributed by atoms with E-state index >= 15 is 0 Å². The number of carbonyl (C=O) groups excluding carboxylic acids is 1. The highest BCUT2D eigenvalue weighted by molar-refractivity contribution is 7.98. The van der Waals surface area contributed by atoms with E-state index in [1.807, 2.05) is 43.4 Å². The van der Waals surface area contributed by atoms with Gasteiger partial charge in [-0.1, -0.05) is 43.0 Å². The molecule has 0 saturated heterocycles. The van der Waals surface area contributed by atoms with E-state index in [0.29, 0.717) is 5.56 Å². The molecule has 0 bridgehead atoms. The minimum atomic E-state index is 0.715. The fraction of sp³-hybridized carbons (Fsp3) is 0.188. The summed E-state index contributed by atoms with van der Waals surface area (Å²) in [6.07, 6.45) is 2.97. The summed E-state index contributed by atoms with van der Waals surface area (Å²) in [4.78, 5) is 13.3. The van der Waals surface area contributed by atoms with E-state index in [2.05, 4.69) is 17.7 Å². The predicted molar refractivity (Wildman–Crippen MR) is 84.5 cm³/mol. The minimum Gasteiger partial charge on any atom is -0.365 e. The van der Waals surface area contributed by atoms with Crippen LogP contribution >= 0.6 is 11.8 Å². The molecule has 0 heterocycles. The van der Waals surface area contributed by atoms with Gasteiger partial charge in [-0.3, -0.25) is 4.79 Å². The second kappa shape index (κ2) is 5.93. The van der Waals surface area contributed by atoms with Gasteiger partial charge in [0.15, 0.2) is 6.29 Å². The lowest BCUT2D eigenvalue weighted by Gasteiger charge is -2.22. The molecule has 0 N–H and O–H groups in total. The molecule has 2 nitrogen and oxygen atoms in total. The van der Waals surface area contributed by atoms with Crippen LogP contribution in [-0.4, -0.2) is 30.4 Å². The number of aldehydes is 1. The fourth-order valence-corrected chi connectivity index (χ4v) is 2.73. The van der Waals surface area contributed by atoms with E-state index in [-0.39, 0.29) is 0 Å². The highest BCUT2D eigenvalue weighted by Crippen LogP contribution is 2.28. The summed E-state index contributed by atoms with van der Waals surface area (Å²) >= 11 is 1.74. The highest BCUT2D eigenvalue weighted by atomic mass is 32.2. The Bertz CT molecular complexity index is 616. The SMILES string of the molecule is C=C(c1cccc2cccc(C=O)c12)N(C)CSC. The van der Waals surface area contributed by atoms with Crippen molar-refractivity contribution >= 4 is 34.5 Å².